The van der Waals surface area contributed by atoms with Gasteiger partial charge in [0.1, 0.15) is 10.8 Å². The molecular formula is C14H21FN2OS. The quantitative estimate of drug-likeness (QED) is 0.785. The highest BCUT2D eigenvalue weighted by atomic mass is 32.1. The number of rotatable bonds is 6. The monoisotopic (exact) mass is 284 g/mol. The van der Waals surface area contributed by atoms with Gasteiger partial charge in [-0.25, -0.2) is 4.39 Å². The van der Waals surface area contributed by atoms with E-state index in [-0.39, 0.29) is 10.8 Å². The van der Waals surface area contributed by atoms with Crippen LogP contribution in [0.15, 0.2) is 18.2 Å². The first-order valence-corrected chi connectivity index (χ1v) is 6.66. The summed E-state index contributed by atoms with van der Waals surface area (Å²) in [6, 6.07) is 4.45. The molecule has 3 nitrogen and oxygen atoms in total. The van der Waals surface area contributed by atoms with Crippen molar-refractivity contribution < 1.29 is 9.50 Å². The summed E-state index contributed by atoms with van der Waals surface area (Å²) in [4.78, 5) is 2.25. The lowest BCUT2D eigenvalue weighted by atomic mass is 10.0. The van der Waals surface area contributed by atoms with Gasteiger partial charge >= 0.3 is 0 Å². The van der Waals surface area contributed by atoms with Crippen LogP contribution in [0.4, 0.5) is 4.39 Å². The summed E-state index contributed by atoms with van der Waals surface area (Å²) in [5, 5.41) is 9.87. The predicted molar refractivity (Wildman–Crippen MR) is 79.5 cm³/mol. The van der Waals surface area contributed by atoms with E-state index in [1.54, 1.807) is 19.9 Å². The van der Waals surface area contributed by atoms with E-state index in [4.69, 9.17) is 18.0 Å². The first kappa shape index (κ1) is 16.0. The minimum atomic E-state index is -0.778. The van der Waals surface area contributed by atoms with Crippen LogP contribution in [0.3, 0.4) is 0 Å². The molecule has 0 radical (unpaired) electrons. The third kappa shape index (κ3) is 5.22. The van der Waals surface area contributed by atoms with Gasteiger partial charge in [-0.15, -0.1) is 0 Å². The van der Waals surface area contributed by atoms with Gasteiger partial charge in [0, 0.05) is 18.7 Å². The molecule has 0 amide bonds. The molecule has 0 atom stereocenters. The zero-order valence-electron chi connectivity index (χ0n) is 11.6. The van der Waals surface area contributed by atoms with Crippen LogP contribution in [0, 0.1) is 5.82 Å². The molecule has 0 saturated heterocycles. The molecule has 0 aliphatic heterocycles. The molecule has 1 aromatic carbocycles. The molecule has 0 aliphatic rings. The number of halogens is 1. The summed E-state index contributed by atoms with van der Waals surface area (Å²) in [5.41, 5.74) is 6.28. The van der Waals surface area contributed by atoms with E-state index in [0.29, 0.717) is 18.7 Å². The average Bonchev–Trinajstić information content (AvgIpc) is 2.28. The van der Waals surface area contributed by atoms with Gasteiger partial charge in [-0.3, -0.25) is 4.90 Å². The maximum atomic E-state index is 13.2. The molecule has 3 N–H and O–H groups in total. The molecule has 0 unspecified atom stereocenters. The van der Waals surface area contributed by atoms with Gasteiger partial charge in [-0.05, 0) is 38.1 Å². The molecule has 0 bridgehead atoms. The molecular weight excluding hydrogens is 263 g/mol. The average molecular weight is 284 g/mol. The van der Waals surface area contributed by atoms with E-state index in [0.717, 1.165) is 12.1 Å². The standard InChI is InChI=1S/C14H21FN2OS/c1-4-17(9-14(2,3)18)8-10-5-6-11(15)7-12(10)13(16)19/h5-7,18H,4,8-9H2,1-3H3,(H2,16,19). The normalized spacial score (nSPS) is 11.9. The number of hydrogen-bond acceptors (Lipinski definition) is 3. The van der Waals surface area contributed by atoms with Gasteiger partial charge in [0.25, 0.3) is 0 Å². The number of nitrogens with zero attached hydrogens (tertiary/aromatic N) is 1. The molecule has 106 valence electrons. The van der Waals surface area contributed by atoms with Crippen LogP contribution in [0.5, 0.6) is 0 Å². The van der Waals surface area contributed by atoms with E-state index < -0.39 is 5.60 Å². The first-order chi connectivity index (χ1) is 8.73. The summed E-state index contributed by atoms with van der Waals surface area (Å²) in [5.74, 6) is -0.350. The smallest absolute Gasteiger partial charge is 0.123 e. The molecule has 0 heterocycles. The zero-order valence-corrected chi connectivity index (χ0v) is 12.4. The van der Waals surface area contributed by atoms with E-state index in [2.05, 4.69) is 4.90 Å². The van der Waals surface area contributed by atoms with Gasteiger partial charge in [-0.2, -0.15) is 0 Å². The molecule has 0 aromatic heterocycles. The van der Waals surface area contributed by atoms with Gasteiger partial charge < -0.3 is 10.8 Å². The van der Waals surface area contributed by atoms with Crippen molar-refractivity contribution in [3.63, 3.8) is 0 Å². The van der Waals surface area contributed by atoms with Crippen molar-refractivity contribution >= 4 is 17.2 Å². The highest BCUT2D eigenvalue weighted by Gasteiger charge is 2.18. The number of aliphatic hydroxyl groups is 1. The van der Waals surface area contributed by atoms with Crippen LogP contribution in [-0.2, 0) is 6.54 Å². The van der Waals surface area contributed by atoms with Crippen molar-refractivity contribution in [2.24, 2.45) is 5.73 Å². The Kier molecular flexibility index (Phi) is 5.40. The number of hydrogen-bond donors (Lipinski definition) is 2. The Morgan fingerprint density at radius 3 is 2.58 bits per heavy atom. The van der Waals surface area contributed by atoms with E-state index in [9.17, 15) is 9.50 Å². The minimum Gasteiger partial charge on any atom is -0.389 e. The Morgan fingerprint density at radius 2 is 2.11 bits per heavy atom. The summed E-state index contributed by atoms with van der Waals surface area (Å²) in [6.07, 6.45) is 0. The van der Waals surface area contributed by atoms with Crippen molar-refractivity contribution in [2.45, 2.75) is 32.9 Å². The molecule has 0 fully saturated rings. The van der Waals surface area contributed by atoms with Crippen LogP contribution in [0.1, 0.15) is 31.9 Å². The minimum absolute atomic E-state index is 0.189. The Hall–Kier alpha value is -1.04. The topological polar surface area (TPSA) is 49.5 Å². The number of nitrogens with two attached hydrogens (primary N) is 1. The van der Waals surface area contributed by atoms with Crippen molar-refractivity contribution in [2.75, 3.05) is 13.1 Å². The van der Waals surface area contributed by atoms with Crippen molar-refractivity contribution in [3.05, 3.63) is 35.1 Å². The van der Waals surface area contributed by atoms with Gasteiger partial charge in [-0.1, -0.05) is 25.2 Å². The lowest BCUT2D eigenvalue weighted by Crippen LogP contribution is -2.38. The van der Waals surface area contributed by atoms with Crippen LogP contribution in [0.25, 0.3) is 0 Å². The number of benzene rings is 1. The Bertz CT molecular complexity index is 457. The third-order valence-electron chi connectivity index (χ3n) is 2.79. The Morgan fingerprint density at radius 1 is 1.47 bits per heavy atom. The van der Waals surface area contributed by atoms with Crippen molar-refractivity contribution in [1.82, 2.24) is 4.90 Å². The molecule has 0 spiro atoms. The summed E-state index contributed by atoms with van der Waals surface area (Å²) < 4.78 is 13.2. The maximum Gasteiger partial charge on any atom is 0.123 e. The van der Waals surface area contributed by atoms with Crippen LogP contribution in [0.2, 0.25) is 0 Å². The highest BCUT2D eigenvalue weighted by Crippen LogP contribution is 2.15. The van der Waals surface area contributed by atoms with Crippen LogP contribution < -0.4 is 5.73 Å². The zero-order chi connectivity index (χ0) is 14.6. The molecule has 5 heteroatoms. The lowest BCUT2D eigenvalue weighted by molar-refractivity contribution is 0.0353. The summed E-state index contributed by atoms with van der Waals surface area (Å²) in [7, 11) is 0. The van der Waals surface area contributed by atoms with E-state index >= 15 is 0 Å². The summed E-state index contributed by atoms with van der Waals surface area (Å²) in [6.45, 7) is 7.41. The molecule has 0 saturated carbocycles. The van der Waals surface area contributed by atoms with Gasteiger partial charge in [0.05, 0.1) is 5.60 Å². The van der Waals surface area contributed by atoms with Crippen LogP contribution in [-0.4, -0.2) is 33.7 Å². The van der Waals surface area contributed by atoms with E-state index in [1.807, 2.05) is 6.92 Å². The fourth-order valence-electron chi connectivity index (χ4n) is 1.98. The molecule has 1 rings (SSSR count). The molecule has 1 aromatic rings. The van der Waals surface area contributed by atoms with Crippen LogP contribution >= 0.6 is 12.2 Å². The Balaban J connectivity index is 2.94. The fourth-order valence-corrected chi connectivity index (χ4v) is 2.17. The third-order valence-corrected chi connectivity index (χ3v) is 3.01. The van der Waals surface area contributed by atoms with Crippen molar-refractivity contribution in [1.29, 1.82) is 0 Å². The molecule has 19 heavy (non-hydrogen) atoms. The first-order valence-electron chi connectivity index (χ1n) is 6.26. The summed E-state index contributed by atoms with van der Waals surface area (Å²) >= 11 is 4.95. The highest BCUT2D eigenvalue weighted by molar-refractivity contribution is 7.80. The second-order valence-corrected chi connectivity index (χ2v) is 5.72. The van der Waals surface area contributed by atoms with E-state index in [1.165, 1.54) is 12.1 Å². The fraction of sp³-hybridized carbons (Fsp3) is 0.500. The predicted octanol–water partition coefficient (Wildman–Crippen LogP) is 2.05. The largest absolute Gasteiger partial charge is 0.389 e. The molecule has 0 aliphatic carbocycles. The maximum absolute atomic E-state index is 13.2. The Labute approximate surface area is 119 Å². The second-order valence-electron chi connectivity index (χ2n) is 5.28. The second kappa shape index (κ2) is 6.41. The lowest BCUT2D eigenvalue weighted by Gasteiger charge is -2.28. The van der Waals surface area contributed by atoms with Gasteiger partial charge in [0.15, 0.2) is 0 Å². The van der Waals surface area contributed by atoms with Gasteiger partial charge in [0.2, 0.25) is 0 Å². The number of thiocarbonyl (C=S) groups is 1. The SMILES string of the molecule is CCN(Cc1ccc(F)cc1C(N)=S)CC(C)(C)O. The number of likely N-dealkylation sites (N-methyl/N-ethyl adjacent to an activating group) is 1. The van der Waals surface area contributed by atoms with Crippen molar-refractivity contribution in [3.8, 4) is 0 Å².